The molecular weight excluding hydrogens is 318 g/mol. The fourth-order valence-electron chi connectivity index (χ4n) is 3.27. The van der Waals surface area contributed by atoms with Gasteiger partial charge in [-0.25, -0.2) is 9.98 Å². The molecule has 7 nitrogen and oxygen atoms in total. The molecule has 0 bridgehead atoms. The third-order valence-corrected chi connectivity index (χ3v) is 4.40. The van der Waals surface area contributed by atoms with Crippen molar-refractivity contribution < 1.29 is 9.47 Å². The van der Waals surface area contributed by atoms with E-state index in [-0.39, 0.29) is 6.17 Å². The lowest BCUT2D eigenvalue weighted by molar-refractivity contribution is 0.297. The van der Waals surface area contributed by atoms with E-state index >= 15 is 0 Å². The van der Waals surface area contributed by atoms with Crippen LogP contribution in [-0.4, -0.2) is 28.7 Å². The summed E-state index contributed by atoms with van der Waals surface area (Å²) in [7, 11) is 0. The number of benzene rings is 2. The predicted molar refractivity (Wildman–Crippen MR) is 95.2 cm³/mol. The van der Waals surface area contributed by atoms with Crippen molar-refractivity contribution in [3.8, 4) is 11.5 Å². The zero-order valence-corrected chi connectivity index (χ0v) is 13.5. The van der Waals surface area contributed by atoms with Crippen molar-refractivity contribution >= 4 is 22.9 Å². The lowest BCUT2D eigenvalue weighted by Crippen LogP contribution is -2.31. The average molecular weight is 335 g/mol. The van der Waals surface area contributed by atoms with Crippen LogP contribution >= 0.6 is 0 Å². The van der Waals surface area contributed by atoms with Crippen molar-refractivity contribution in [1.82, 2.24) is 9.55 Å². The average Bonchev–Trinajstić information content (AvgIpc) is 2.81. The number of aliphatic imine (C=N–C) groups is 1. The number of aromatic nitrogens is 2. The van der Waals surface area contributed by atoms with Gasteiger partial charge in [-0.2, -0.15) is 0 Å². The molecule has 25 heavy (non-hydrogen) atoms. The van der Waals surface area contributed by atoms with Gasteiger partial charge in [0.1, 0.15) is 0 Å². The second kappa shape index (κ2) is 5.41. The maximum absolute atomic E-state index is 5.98. The van der Waals surface area contributed by atoms with Crippen molar-refractivity contribution in [2.45, 2.75) is 12.6 Å². The standard InChI is InChI=1S/C18H17N5O2/c19-17-21-16(11-5-2-1-3-6-11)23-13-10-15-14(24-7-4-8-25-15)9-12(13)20-18(23)22-17/h1-3,5-6,9-10,16H,4,7-8H2,(H3,19,20,21,22)/t16-/m0/s1. The molecule has 7 heteroatoms. The molecule has 3 aromatic rings. The number of fused-ring (bicyclic) bond motifs is 4. The van der Waals surface area contributed by atoms with Crippen LogP contribution in [0.15, 0.2) is 47.5 Å². The highest BCUT2D eigenvalue weighted by Gasteiger charge is 2.26. The Bertz CT molecular complexity index is 980. The zero-order chi connectivity index (χ0) is 16.8. The molecule has 2 aliphatic rings. The van der Waals surface area contributed by atoms with Crippen LogP contribution in [0, 0.1) is 0 Å². The Balaban J connectivity index is 1.72. The molecule has 0 fully saturated rings. The van der Waals surface area contributed by atoms with Crippen molar-refractivity contribution in [3.05, 3.63) is 48.0 Å². The second-order valence-electron chi connectivity index (χ2n) is 6.07. The SMILES string of the molecule is NC1=N[C@H](c2ccccc2)n2c(nc3cc4c(cc32)OCCCO4)N1. The molecule has 0 aliphatic carbocycles. The molecule has 3 N–H and O–H groups in total. The number of guanidine groups is 1. The minimum atomic E-state index is -0.271. The number of ether oxygens (including phenoxy) is 2. The summed E-state index contributed by atoms with van der Waals surface area (Å²) in [4.78, 5) is 9.25. The predicted octanol–water partition coefficient (Wildman–Crippen LogP) is 2.48. The number of hydrogen-bond acceptors (Lipinski definition) is 6. The molecule has 0 radical (unpaired) electrons. The Morgan fingerprint density at radius 2 is 1.84 bits per heavy atom. The van der Waals surface area contributed by atoms with Gasteiger partial charge in [0.25, 0.3) is 0 Å². The van der Waals surface area contributed by atoms with E-state index in [0.29, 0.717) is 25.1 Å². The Labute approximate surface area is 144 Å². The van der Waals surface area contributed by atoms with E-state index in [2.05, 4.69) is 15.3 Å². The fraction of sp³-hybridized carbons (Fsp3) is 0.222. The number of hydrogen-bond donors (Lipinski definition) is 2. The first-order valence-electron chi connectivity index (χ1n) is 8.26. The topological polar surface area (TPSA) is 86.7 Å². The van der Waals surface area contributed by atoms with Crippen molar-refractivity contribution in [1.29, 1.82) is 0 Å². The first kappa shape index (κ1) is 14.2. The van der Waals surface area contributed by atoms with Crippen molar-refractivity contribution in [2.75, 3.05) is 18.5 Å². The summed E-state index contributed by atoms with van der Waals surface area (Å²) in [5, 5.41) is 3.05. The van der Waals surface area contributed by atoms with Gasteiger partial charge in [-0.1, -0.05) is 30.3 Å². The summed E-state index contributed by atoms with van der Waals surface area (Å²) in [6, 6.07) is 13.9. The van der Waals surface area contributed by atoms with Crippen LogP contribution in [0.2, 0.25) is 0 Å². The fourth-order valence-corrected chi connectivity index (χ4v) is 3.27. The van der Waals surface area contributed by atoms with E-state index in [9.17, 15) is 0 Å². The molecular formula is C18H17N5O2. The van der Waals surface area contributed by atoms with E-state index in [1.165, 1.54) is 0 Å². The molecule has 3 heterocycles. The van der Waals surface area contributed by atoms with Gasteiger partial charge in [0, 0.05) is 18.6 Å². The molecule has 2 aromatic carbocycles. The first-order chi connectivity index (χ1) is 12.3. The first-order valence-corrected chi connectivity index (χ1v) is 8.26. The third-order valence-electron chi connectivity index (χ3n) is 4.40. The van der Waals surface area contributed by atoms with Crippen LogP contribution in [-0.2, 0) is 0 Å². The monoisotopic (exact) mass is 335 g/mol. The largest absolute Gasteiger partial charge is 0.489 e. The Kier molecular flexibility index (Phi) is 3.06. The van der Waals surface area contributed by atoms with Crippen LogP contribution in [0.1, 0.15) is 18.2 Å². The number of anilines is 1. The second-order valence-corrected chi connectivity index (χ2v) is 6.07. The van der Waals surface area contributed by atoms with Crippen molar-refractivity contribution in [3.63, 3.8) is 0 Å². The van der Waals surface area contributed by atoms with Crippen LogP contribution < -0.4 is 20.5 Å². The smallest absolute Gasteiger partial charge is 0.212 e. The number of nitrogens with one attached hydrogen (secondary N) is 1. The highest BCUT2D eigenvalue weighted by molar-refractivity contribution is 5.95. The molecule has 0 saturated heterocycles. The Hall–Kier alpha value is -3.22. The van der Waals surface area contributed by atoms with E-state index in [0.717, 1.165) is 34.5 Å². The van der Waals surface area contributed by atoms with Gasteiger partial charge in [-0.15, -0.1) is 0 Å². The van der Waals surface area contributed by atoms with Gasteiger partial charge in [0.15, 0.2) is 23.6 Å². The minimum Gasteiger partial charge on any atom is -0.489 e. The van der Waals surface area contributed by atoms with Crippen LogP contribution in [0.5, 0.6) is 11.5 Å². The maximum Gasteiger partial charge on any atom is 0.212 e. The van der Waals surface area contributed by atoms with Gasteiger partial charge >= 0.3 is 0 Å². The van der Waals surface area contributed by atoms with Gasteiger partial charge in [0.05, 0.1) is 24.2 Å². The normalized spacial score (nSPS) is 18.9. The van der Waals surface area contributed by atoms with E-state index in [1.54, 1.807) is 0 Å². The number of imidazole rings is 1. The number of nitrogens with two attached hydrogens (primary N) is 1. The van der Waals surface area contributed by atoms with Crippen molar-refractivity contribution in [2.24, 2.45) is 10.7 Å². The van der Waals surface area contributed by atoms with Gasteiger partial charge < -0.3 is 15.2 Å². The molecule has 1 atom stereocenters. The van der Waals surface area contributed by atoms with Gasteiger partial charge in [0.2, 0.25) is 5.95 Å². The van der Waals surface area contributed by atoms with Gasteiger partial charge in [-0.3, -0.25) is 9.88 Å². The molecule has 126 valence electrons. The molecule has 0 spiro atoms. The molecule has 5 rings (SSSR count). The molecule has 2 aliphatic heterocycles. The summed E-state index contributed by atoms with van der Waals surface area (Å²) in [5.41, 5.74) is 8.76. The summed E-state index contributed by atoms with van der Waals surface area (Å²) in [5.74, 6) is 2.48. The highest BCUT2D eigenvalue weighted by atomic mass is 16.5. The summed E-state index contributed by atoms with van der Waals surface area (Å²) in [6.07, 6.45) is 0.597. The van der Waals surface area contributed by atoms with Crippen LogP contribution in [0.4, 0.5) is 5.95 Å². The molecule has 0 unspecified atom stereocenters. The summed E-state index contributed by atoms with van der Waals surface area (Å²) in [6.45, 7) is 1.29. The lowest BCUT2D eigenvalue weighted by atomic mass is 10.1. The Morgan fingerprint density at radius 3 is 2.64 bits per heavy atom. The van der Waals surface area contributed by atoms with Crippen LogP contribution in [0.3, 0.4) is 0 Å². The third kappa shape index (κ3) is 2.27. The molecule has 1 aromatic heterocycles. The zero-order valence-electron chi connectivity index (χ0n) is 13.5. The molecule has 0 amide bonds. The minimum absolute atomic E-state index is 0.271. The summed E-state index contributed by atoms with van der Waals surface area (Å²) < 4.78 is 13.6. The highest BCUT2D eigenvalue weighted by Crippen LogP contribution is 2.38. The summed E-state index contributed by atoms with van der Waals surface area (Å²) >= 11 is 0. The quantitative estimate of drug-likeness (QED) is 0.713. The number of rotatable bonds is 1. The van der Waals surface area contributed by atoms with Gasteiger partial charge in [-0.05, 0) is 5.56 Å². The number of nitrogens with zero attached hydrogens (tertiary/aromatic N) is 3. The Morgan fingerprint density at radius 1 is 1.08 bits per heavy atom. The maximum atomic E-state index is 5.98. The van der Waals surface area contributed by atoms with Crippen LogP contribution in [0.25, 0.3) is 11.0 Å². The van der Waals surface area contributed by atoms with E-state index in [4.69, 9.17) is 15.2 Å². The molecule has 0 saturated carbocycles. The van der Waals surface area contributed by atoms with E-state index < -0.39 is 0 Å². The van der Waals surface area contributed by atoms with E-state index in [1.807, 2.05) is 47.0 Å². The lowest BCUT2D eigenvalue weighted by Gasteiger charge is -2.23.